The molecule has 0 atom stereocenters. The molecule has 0 bridgehead atoms. The second-order valence-electron chi connectivity index (χ2n) is 7.14. The van der Waals surface area contributed by atoms with Gasteiger partial charge in [-0.25, -0.2) is 9.79 Å². The summed E-state index contributed by atoms with van der Waals surface area (Å²) in [5.41, 5.74) is 6.40. The van der Waals surface area contributed by atoms with Crippen LogP contribution in [0.3, 0.4) is 0 Å². The lowest BCUT2D eigenvalue weighted by atomic mass is 10.2. The van der Waals surface area contributed by atoms with E-state index in [0.29, 0.717) is 44.4 Å². The summed E-state index contributed by atoms with van der Waals surface area (Å²) < 4.78 is 10.4. The summed E-state index contributed by atoms with van der Waals surface area (Å²) in [6, 6.07) is 5.13. The molecule has 144 valence electrons. The topological polar surface area (TPSA) is 101 Å². The molecular weight excluding hydrogens is 336 g/mol. The Morgan fingerprint density at radius 1 is 1.23 bits per heavy atom. The Kier molecular flexibility index (Phi) is 6.18. The molecule has 0 aliphatic carbocycles. The Morgan fingerprint density at radius 2 is 1.85 bits per heavy atom. The van der Waals surface area contributed by atoms with Crippen LogP contribution in [0.25, 0.3) is 0 Å². The number of hydrogen-bond donors (Lipinski definition) is 2. The van der Waals surface area contributed by atoms with Crippen molar-refractivity contribution < 1.29 is 19.4 Å². The molecule has 1 saturated heterocycles. The first-order valence-corrected chi connectivity index (χ1v) is 8.58. The Labute approximate surface area is 154 Å². The van der Waals surface area contributed by atoms with E-state index in [-0.39, 0.29) is 11.8 Å². The zero-order valence-electron chi connectivity index (χ0n) is 15.9. The number of guanidine groups is 1. The van der Waals surface area contributed by atoms with E-state index in [0.717, 1.165) is 5.56 Å². The monoisotopic (exact) mass is 364 g/mol. The number of phenolic OH excluding ortho intramolecular Hbond substituents is 1. The highest BCUT2D eigenvalue weighted by Gasteiger charge is 2.26. The summed E-state index contributed by atoms with van der Waals surface area (Å²) in [5, 5.41) is 9.80. The first-order chi connectivity index (χ1) is 12.2. The molecule has 8 heteroatoms. The number of amides is 1. The molecule has 1 fully saturated rings. The first-order valence-electron chi connectivity index (χ1n) is 8.58. The van der Waals surface area contributed by atoms with E-state index in [9.17, 15) is 9.90 Å². The largest absolute Gasteiger partial charge is 0.504 e. The highest BCUT2D eigenvalue weighted by Crippen LogP contribution is 2.26. The van der Waals surface area contributed by atoms with Crippen LogP contribution in [-0.4, -0.2) is 65.8 Å². The zero-order chi connectivity index (χ0) is 19.3. The standard InChI is InChI=1S/C18H28N4O4/c1-18(2,3)26-17(24)22-9-7-21(8-10-22)16(19)20-12-13-5-6-15(25-4)14(23)11-13/h5-6,11,23H,7-10,12H2,1-4H3,(H2,19,20). The number of aliphatic imine (C=N–C) groups is 1. The number of carbonyl (C=O) groups excluding carboxylic acids is 1. The summed E-state index contributed by atoms with van der Waals surface area (Å²) in [6.07, 6.45) is -0.304. The fraction of sp³-hybridized carbons (Fsp3) is 0.556. The molecule has 2 rings (SSSR count). The van der Waals surface area contributed by atoms with Gasteiger partial charge in [-0.2, -0.15) is 0 Å². The molecule has 1 amide bonds. The summed E-state index contributed by atoms with van der Waals surface area (Å²) in [5.74, 6) is 0.915. The van der Waals surface area contributed by atoms with Gasteiger partial charge in [0.1, 0.15) is 5.60 Å². The van der Waals surface area contributed by atoms with Crippen LogP contribution < -0.4 is 10.5 Å². The Morgan fingerprint density at radius 3 is 2.38 bits per heavy atom. The number of rotatable bonds is 3. The summed E-state index contributed by atoms with van der Waals surface area (Å²) in [6.45, 7) is 8.18. The number of hydrogen-bond acceptors (Lipinski definition) is 5. The number of nitrogens with two attached hydrogens (primary N) is 1. The lowest BCUT2D eigenvalue weighted by Gasteiger charge is -2.36. The number of phenols is 1. The van der Waals surface area contributed by atoms with Crippen LogP contribution in [0.1, 0.15) is 26.3 Å². The van der Waals surface area contributed by atoms with Gasteiger partial charge in [0.2, 0.25) is 0 Å². The van der Waals surface area contributed by atoms with Crippen LogP contribution in [0.2, 0.25) is 0 Å². The molecule has 8 nitrogen and oxygen atoms in total. The van der Waals surface area contributed by atoms with E-state index >= 15 is 0 Å². The molecule has 0 saturated carbocycles. The molecule has 1 aliphatic heterocycles. The zero-order valence-corrected chi connectivity index (χ0v) is 15.9. The molecule has 1 aliphatic rings. The van der Waals surface area contributed by atoms with E-state index in [1.165, 1.54) is 7.11 Å². The molecule has 3 N–H and O–H groups in total. The summed E-state index contributed by atoms with van der Waals surface area (Å²) in [7, 11) is 1.50. The molecule has 0 spiro atoms. The number of aromatic hydroxyl groups is 1. The van der Waals surface area contributed by atoms with E-state index in [2.05, 4.69) is 4.99 Å². The minimum Gasteiger partial charge on any atom is -0.504 e. The second kappa shape index (κ2) is 8.16. The summed E-state index contributed by atoms with van der Waals surface area (Å²) in [4.78, 5) is 20.1. The molecule has 0 aromatic heterocycles. The molecule has 1 heterocycles. The van der Waals surface area contributed by atoms with Crippen LogP contribution >= 0.6 is 0 Å². The fourth-order valence-electron chi connectivity index (χ4n) is 2.55. The normalized spacial score (nSPS) is 15.8. The van der Waals surface area contributed by atoms with Crippen molar-refractivity contribution in [2.24, 2.45) is 10.7 Å². The van der Waals surface area contributed by atoms with Crippen LogP contribution in [0.5, 0.6) is 11.5 Å². The van der Waals surface area contributed by atoms with Crippen LogP contribution in [0.15, 0.2) is 23.2 Å². The van der Waals surface area contributed by atoms with Gasteiger partial charge < -0.3 is 30.1 Å². The van der Waals surface area contributed by atoms with Crippen molar-refractivity contribution in [3.63, 3.8) is 0 Å². The van der Waals surface area contributed by atoms with Crippen molar-refractivity contribution >= 4 is 12.1 Å². The van der Waals surface area contributed by atoms with E-state index in [1.54, 1.807) is 17.0 Å². The number of piperazine rings is 1. The predicted molar refractivity (Wildman–Crippen MR) is 99.4 cm³/mol. The highest BCUT2D eigenvalue weighted by atomic mass is 16.6. The minimum absolute atomic E-state index is 0.0738. The fourth-order valence-corrected chi connectivity index (χ4v) is 2.55. The van der Waals surface area contributed by atoms with Gasteiger partial charge in [0, 0.05) is 26.2 Å². The van der Waals surface area contributed by atoms with E-state index < -0.39 is 5.60 Å². The number of methoxy groups -OCH3 is 1. The maximum absolute atomic E-state index is 12.1. The predicted octanol–water partition coefficient (Wildman–Crippen LogP) is 1.77. The highest BCUT2D eigenvalue weighted by molar-refractivity contribution is 5.78. The smallest absolute Gasteiger partial charge is 0.410 e. The Hall–Kier alpha value is -2.64. The summed E-state index contributed by atoms with van der Waals surface area (Å²) >= 11 is 0. The number of ether oxygens (including phenoxy) is 2. The van der Waals surface area contributed by atoms with Crippen LogP contribution in [0, 0.1) is 0 Å². The molecule has 1 aromatic carbocycles. The van der Waals surface area contributed by atoms with Gasteiger partial charge in [0.15, 0.2) is 17.5 Å². The third-order valence-electron chi connectivity index (χ3n) is 3.92. The van der Waals surface area contributed by atoms with Gasteiger partial charge in [0.25, 0.3) is 0 Å². The Bertz CT molecular complexity index is 662. The quantitative estimate of drug-likeness (QED) is 0.626. The first kappa shape index (κ1) is 19.7. The van der Waals surface area contributed by atoms with Crippen molar-refractivity contribution in [2.45, 2.75) is 32.9 Å². The molecular formula is C18H28N4O4. The van der Waals surface area contributed by atoms with Crippen molar-refractivity contribution in [1.82, 2.24) is 9.80 Å². The average molecular weight is 364 g/mol. The molecule has 0 unspecified atom stereocenters. The van der Waals surface area contributed by atoms with Gasteiger partial charge in [-0.05, 0) is 38.5 Å². The van der Waals surface area contributed by atoms with E-state index in [4.69, 9.17) is 15.2 Å². The number of nitrogens with zero attached hydrogens (tertiary/aromatic N) is 3. The van der Waals surface area contributed by atoms with E-state index in [1.807, 2.05) is 31.7 Å². The lowest BCUT2D eigenvalue weighted by molar-refractivity contribution is 0.0186. The van der Waals surface area contributed by atoms with Gasteiger partial charge in [-0.3, -0.25) is 0 Å². The Balaban J connectivity index is 1.87. The van der Waals surface area contributed by atoms with Crippen molar-refractivity contribution in [2.75, 3.05) is 33.3 Å². The average Bonchev–Trinajstić information content (AvgIpc) is 2.58. The van der Waals surface area contributed by atoms with Gasteiger partial charge in [-0.15, -0.1) is 0 Å². The maximum atomic E-state index is 12.1. The van der Waals surface area contributed by atoms with Gasteiger partial charge >= 0.3 is 6.09 Å². The van der Waals surface area contributed by atoms with Crippen molar-refractivity contribution in [3.05, 3.63) is 23.8 Å². The molecule has 0 radical (unpaired) electrons. The third kappa shape index (κ3) is 5.44. The van der Waals surface area contributed by atoms with Crippen LogP contribution in [0.4, 0.5) is 4.79 Å². The molecule has 26 heavy (non-hydrogen) atoms. The minimum atomic E-state index is -0.501. The van der Waals surface area contributed by atoms with Gasteiger partial charge in [-0.1, -0.05) is 6.07 Å². The second-order valence-corrected chi connectivity index (χ2v) is 7.14. The molecule has 1 aromatic rings. The van der Waals surface area contributed by atoms with Crippen LogP contribution in [-0.2, 0) is 11.3 Å². The van der Waals surface area contributed by atoms with Crippen molar-refractivity contribution in [3.8, 4) is 11.5 Å². The van der Waals surface area contributed by atoms with Gasteiger partial charge in [0.05, 0.1) is 13.7 Å². The maximum Gasteiger partial charge on any atom is 0.410 e. The third-order valence-corrected chi connectivity index (χ3v) is 3.92. The lowest BCUT2D eigenvalue weighted by Crippen LogP contribution is -2.53. The SMILES string of the molecule is COc1ccc(CN=C(N)N2CCN(C(=O)OC(C)(C)C)CC2)cc1O. The number of carbonyl (C=O) groups is 1. The number of benzene rings is 1. The van der Waals surface area contributed by atoms with Crippen molar-refractivity contribution in [1.29, 1.82) is 0 Å².